The first-order valence-corrected chi connectivity index (χ1v) is 8.70. The van der Waals surface area contributed by atoms with Crippen molar-refractivity contribution in [3.05, 3.63) is 45.8 Å². The fourth-order valence-electron chi connectivity index (χ4n) is 2.28. The van der Waals surface area contributed by atoms with Crippen LogP contribution in [-0.4, -0.2) is 36.6 Å². The number of aromatic nitrogens is 2. The first-order valence-electron chi connectivity index (χ1n) is 7.22. The molecule has 1 aromatic heterocycles. The molecule has 9 nitrogen and oxygen atoms in total. The number of nitro benzene ring substituents is 1. The predicted octanol–water partition coefficient (Wildman–Crippen LogP) is 1.58. The molecular weight excluding hydrogens is 334 g/mol. The third kappa shape index (κ3) is 4.09. The summed E-state index contributed by atoms with van der Waals surface area (Å²) in [5.41, 5.74) is 1.74. The molecule has 0 aliphatic rings. The van der Waals surface area contributed by atoms with Crippen LogP contribution in [0.15, 0.2) is 29.2 Å². The number of sulfonamides is 1. The van der Waals surface area contributed by atoms with Crippen LogP contribution in [0.25, 0.3) is 0 Å². The Hall–Kier alpha value is -2.46. The maximum atomic E-state index is 11.8. The SMILES string of the molecule is CNS(=O)(=O)c1ccc(NC(C)Cc2cc(C)[nH]n2)c([N+](=O)[O-])c1. The Morgan fingerprint density at radius 3 is 2.62 bits per heavy atom. The zero-order valence-corrected chi connectivity index (χ0v) is 14.3. The van der Waals surface area contributed by atoms with Crippen LogP contribution in [-0.2, 0) is 16.4 Å². The monoisotopic (exact) mass is 353 g/mol. The van der Waals surface area contributed by atoms with Gasteiger partial charge in [-0.2, -0.15) is 5.10 Å². The summed E-state index contributed by atoms with van der Waals surface area (Å²) in [4.78, 5) is 10.5. The van der Waals surface area contributed by atoms with Crippen molar-refractivity contribution >= 4 is 21.4 Å². The molecule has 0 amide bonds. The summed E-state index contributed by atoms with van der Waals surface area (Å²) in [6.45, 7) is 3.76. The molecule has 10 heteroatoms. The van der Waals surface area contributed by atoms with Gasteiger partial charge in [0.05, 0.1) is 15.5 Å². The van der Waals surface area contributed by atoms with Gasteiger partial charge in [0, 0.05) is 24.2 Å². The number of benzene rings is 1. The van der Waals surface area contributed by atoms with Crippen molar-refractivity contribution in [2.75, 3.05) is 12.4 Å². The maximum Gasteiger partial charge on any atom is 0.293 e. The van der Waals surface area contributed by atoms with E-state index in [0.29, 0.717) is 6.42 Å². The summed E-state index contributed by atoms with van der Waals surface area (Å²) >= 11 is 0. The standard InChI is InChI=1S/C14H19N5O4S/c1-9(6-11-7-10(2)17-18-11)16-13-5-4-12(24(22,23)15-3)8-14(13)19(20)21/h4-5,7-9,15-16H,6H2,1-3H3,(H,17,18). The molecule has 0 radical (unpaired) electrons. The highest BCUT2D eigenvalue weighted by atomic mass is 32.2. The lowest BCUT2D eigenvalue weighted by molar-refractivity contribution is -0.384. The van der Waals surface area contributed by atoms with Gasteiger partial charge in [-0.3, -0.25) is 15.2 Å². The number of rotatable bonds is 7. The van der Waals surface area contributed by atoms with Crippen LogP contribution in [0, 0.1) is 17.0 Å². The van der Waals surface area contributed by atoms with Crippen molar-refractivity contribution in [2.45, 2.75) is 31.2 Å². The van der Waals surface area contributed by atoms with Gasteiger partial charge in [-0.05, 0) is 39.1 Å². The van der Waals surface area contributed by atoms with Gasteiger partial charge >= 0.3 is 0 Å². The molecule has 2 aromatic rings. The first kappa shape index (κ1) is 17.9. The Balaban J connectivity index is 2.24. The van der Waals surface area contributed by atoms with Crippen LogP contribution in [0.5, 0.6) is 0 Å². The fourth-order valence-corrected chi connectivity index (χ4v) is 3.03. The van der Waals surface area contributed by atoms with Gasteiger partial charge in [0.2, 0.25) is 10.0 Å². The normalized spacial score (nSPS) is 12.8. The van der Waals surface area contributed by atoms with E-state index in [4.69, 9.17) is 0 Å². The summed E-state index contributed by atoms with van der Waals surface area (Å²) < 4.78 is 25.7. The second-order valence-corrected chi connectivity index (χ2v) is 7.32. The molecule has 130 valence electrons. The molecule has 24 heavy (non-hydrogen) atoms. The molecule has 0 aliphatic carbocycles. The minimum Gasteiger partial charge on any atom is -0.377 e. The largest absolute Gasteiger partial charge is 0.377 e. The number of anilines is 1. The Labute approximate surface area is 139 Å². The third-order valence-corrected chi connectivity index (χ3v) is 4.83. The van der Waals surface area contributed by atoms with E-state index in [0.717, 1.165) is 17.5 Å². The molecule has 0 saturated heterocycles. The number of hydrogen-bond donors (Lipinski definition) is 3. The van der Waals surface area contributed by atoms with E-state index >= 15 is 0 Å². The maximum absolute atomic E-state index is 11.8. The molecule has 0 aliphatic heterocycles. The van der Waals surface area contributed by atoms with Crippen LogP contribution < -0.4 is 10.0 Å². The molecular formula is C14H19N5O4S. The topological polar surface area (TPSA) is 130 Å². The summed E-state index contributed by atoms with van der Waals surface area (Å²) in [5, 5.41) is 21.3. The number of aromatic amines is 1. The second kappa shape index (κ2) is 6.97. The van der Waals surface area contributed by atoms with E-state index in [-0.39, 0.29) is 22.3 Å². The van der Waals surface area contributed by atoms with E-state index in [1.165, 1.54) is 19.2 Å². The minimum absolute atomic E-state index is 0.127. The van der Waals surface area contributed by atoms with Crippen LogP contribution in [0.3, 0.4) is 0 Å². The number of hydrogen-bond acceptors (Lipinski definition) is 6. The van der Waals surface area contributed by atoms with Crippen molar-refractivity contribution in [1.29, 1.82) is 0 Å². The summed E-state index contributed by atoms with van der Waals surface area (Å²) in [5.74, 6) is 0. The van der Waals surface area contributed by atoms with Crippen LogP contribution >= 0.6 is 0 Å². The number of nitrogens with zero attached hydrogens (tertiary/aromatic N) is 2. The summed E-state index contributed by atoms with van der Waals surface area (Å²) in [7, 11) is -2.49. The molecule has 1 atom stereocenters. The average Bonchev–Trinajstić information content (AvgIpc) is 2.92. The van der Waals surface area contributed by atoms with E-state index in [9.17, 15) is 18.5 Å². The van der Waals surface area contributed by atoms with Crippen molar-refractivity contribution in [2.24, 2.45) is 0 Å². The average molecular weight is 353 g/mol. The van der Waals surface area contributed by atoms with Gasteiger partial charge in [0.25, 0.3) is 5.69 Å². The number of nitro groups is 1. The van der Waals surface area contributed by atoms with E-state index in [2.05, 4.69) is 20.2 Å². The van der Waals surface area contributed by atoms with Gasteiger partial charge in [-0.1, -0.05) is 0 Å². The molecule has 1 heterocycles. The van der Waals surface area contributed by atoms with E-state index < -0.39 is 14.9 Å². The lowest BCUT2D eigenvalue weighted by atomic mass is 10.1. The van der Waals surface area contributed by atoms with Gasteiger partial charge in [0.1, 0.15) is 5.69 Å². The quantitative estimate of drug-likeness (QED) is 0.512. The number of H-pyrrole nitrogens is 1. The van der Waals surface area contributed by atoms with Crippen molar-refractivity contribution < 1.29 is 13.3 Å². The zero-order valence-electron chi connectivity index (χ0n) is 13.5. The van der Waals surface area contributed by atoms with Gasteiger partial charge in [-0.15, -0.1) is 0 Å². The molecule has 3 N–H and O–H groups in total. The highest BCUT2D eigenvalue weighted by molar-refractivity contribution is 7.89. The molecule has 1 unspecified atom stereocenters. The molecule has 0 saturated carbocycles. The lowest BCUT2D eigenvalue weighted by Crippen LogP contribution is -2.21. The first-order chi connectivity index (χ1) is 11.2. The van der Waals surface area contributed by atoms with Crippen molar-refractivity contribution in [3.63, 3.8) is 0 Å². The third-order valence-electron chi connectivity index (χ3n) is 3.42. The van der Waals surface area contributed by atoms with Gasteiger partial charge in [0.15, 0.2) is 0 Å². The molecule has 1 aromatic carbocycles. The summed E-state index contributed by atoms with van der Waals surface area (Å²) in [6, 6.07) is 5.54. The smallest absolute Gasteiger partial charge is 0.293 e. The Morgan fingerprint density at radius 2 is 2.08 bits per heavy atom. The molecule has 0 spiro atoms. The van der Waals surface area contributed by atoms with Crippen molar-refractivity contribution in [1.82, 2.24) is 14.9 Å². The number of nitrogens with one attached hydrogen (secondary N) is 3. The van der Waals surface area contributed by atoms with Crippen LogP contribution in [0.2, 0.25) is 0 Å². The van der Waals surface area contributed by atoms with Crippen LogP contribution in [0.4, 0.5) is 11.4 Å². The molecule has 0 bridgehead atoms. The number of aryl methyl sites for hydroxylation is 1. The molecule has 2 rings (SSSR count). The van der Waals surface area contributed by atoms with Crippen molar-refractivity contribution in [3.8, 4) is 0 Å². The van der Waals surface area contributed by atoms with Crippen LogP contribution in [0.1, 0.15) is 18.3 Å². The highest BCUT2D eigenvalue weighted by Crippen LogP contribution is 2.28. The lowest BCUT2D eigenvalue weighted by Gasteiger charge is -2.14. The fraction of sp³-hybridized carbons (Fsp3) is 0.357. The highest BCUT2D eigenvalue weighted by Gasteiger charge is 2.21. The minimum atomic E-state index is -3.74. The predicted molar refractivity (Wildman–Crippen MR) is 89.5 cm³/mol. The van der Waals surface area contributed by atoms with E-state index in [1.54, 1.807) is 0 Å². The Kier molecular flexibility index (Phi) is 5.20. The summed E-state index contributed by atoms with van der Waals surface area (Å²) in [6.07, 6.45) is 0.568. The Morgan fingerprint density at radius 1 is 1.38 bits per heavy atom. The van der Waals surface area contributed by atoms with Gasteiger partial charge < -0.3 is 5.32 Å². The Bertz CT molecular complexity index is 847. The molecule has 0 fully saturated rings. The van der Waals surface area contributed by atoms with Gasteiger partial charge in [-0.25, -0.2) is 13.1 Å². The second-order valence-electron chi connectivity index (χ2n) is 5.44. The zero-order chi connectivity index (χ0) is 17.9. The van der Waals surface area contributed by atoms with E-state index in [1.807, 2.05) is 19.9 Å².